The van der Waals surface area contributed by atoms with Crippen molar-refractivity contribution < 1.29 is 4.74 Å². The van der Waals surface area contributed by atoms with Gasteiger partial charge >= 0.3 is 209 Å². The minimum absolute atomic E-state index is 0.614. The third kappa shape index (κ3) is 3.83. The van der Waals surface area contributed by atoms with Crippen LogP contribution in [0.1, 0.15) is 11.1 Å². The normalized spacial score (nSPS) is 12.3. The van der Waals surface area contributed by atoms with E-state index in [-0.39, 0.29) is 0 Å². The van der Waals surface area contributed by atoms with Gasteiger partial charge in [-0.05, 0) is 0 Å². The SMILES string of the molecule is Cc1ccnc(Oc2cccc(-c3ccc4[c](c3)[Bi]([c]3ncccc3C)[c]3ccccc3-4)c2)c1. The molecule has 3 nitrogen and oxygen atoms in total. The quantitative estimate of drug-likeness (QED) is 0.254. The summed E-state index contributed by atoms with van der Waals surface area (Å²) in [6, 6.07) is 32.3. The van der Waals surface area contributed by atoms with Gasteiger partial charge in [-0.1, -0.05) is 0 Å². The average Bonchev–Trinajstić information content (AvgIpc) is 3.18. The van der Waals surface area contributed by atoms with Gasteiger partial charge in [-0.25, -0.2) is 0 Å². The molecule has 0 fully saturated rings. The first-order valence-corrected chi connectivity index (χ1v) is 16.5. The molecule has 4 heteroatoms. The third-order valence-corrected chi connectivity index (χ3v) is 16.3. The number of rotatable bonds is 4. The van der Waals surface area contributed by atoms with Gasteiger partial charge in [0.1, 0.15) is 0 Å². The van der Waals surface area contributed by atoms with Crippen LogP contribution < -0.4 is 14.7 Å². The van der Waals surface area contributed by atoms with E-state index >= 15 is 0 Å². The van der Waals surface area contributed by atoms with Crippen molar-refractivity contribution in [1.29, 1.82) is 0 Å². The minimum atomic E-state index is -2.48. The van der Waals surface area contributed by atoms with Gasteiger partial charge in [-0.2, -0.15) is 0 Å². The second kappa shape index (κ2) is 8.78. The first kappa shape index (κ1) is 21.2. The zero-order valence-electron chi connectivity index (χ0n) is 19.1. The Morgan fingerprint density at radius 2 is 1.50 bits per heavy atom. The average molecular weight is 637 g/mol. The number of pyridine rings is 2. The first-order chi connectivity index (χ1) is 16.7. The molecule has 6 rings (SSSR count). The van der Waals surface area contributed by atoms with E-state index in [1.54, 1.807) is 6.20 Å². The van der Waals surface area contributed by atoms with Gasteiger partial charge in [0.25, 0.3) is 0 Å². The zero-order valence-corrected chi connectivity index (χ0v) is 22.5. The van der Waals surface area contributed by atoms with E-state index in [2.05, 4.69) is 72.6 Å². The van der Waals surface area contributed by atoms with Gasteiger partial charge in [-0.3, -0.25) is 0 Å². The Balaban J connectivity index is 1.43. The molecule has 0 bridgehead atoms. The van der Waals surface area contributed by atoms with Crippen molar-refractivity contribution in [3.63, 3.8) is 0 Å². The fourth-order valence-corrected chi connectivity index (χ4v) is 15.0. The van der Waals surface area contributed by atoms with Crippen molar-refractivity contribution in [2.75, 3.05) is 0 Å². The fraction of sp³-hybridized carbons (Fsp3) is 0.0667. The number of hydrogen-bond acceptors (Lipinski definition) is 3. The van der Waals surface area contributed by atoms with Crippen molar-refractivity contribution in [1.82, 2.24) is 9.97 Å². The molecule has 0 N–H and O–H groups in total. The van der Waals surface area contributed by atoms with E-state index in [0.29, 0.717) is 5.88 Å². The van der Waals surface area contributed by atoms with Crippen LogP contribution in [0.25, 0.3) is 22.3 Å². The van der Waals surface area contributed by atoms with Gasteiger partial charge in [0, 0.05) is 0 Å². The molecule has 0 amide bonds. The Hall–Kier alpha value is -3.36. The molecule has 164 valence electrons. The topological polar surface area (TPSA) is 35.0 Å². The van der Waals surface area contributed by atoms with Gasteiger partial charge in [0.05, 0.1) is 0 Å². The van der Waals surface area contributed by atoms with Gasteiger partial charge in [-0.15, -0.1) is 0 Å². The predicted octanol–water partition coefficient (Wildman–Crippen LogP) is 5.05. The number of aryl methyl sites for hydroxylation is 2. The second-order valence-electron chi connectivity index (χ2n) is 8.53. The van der Waals surface area contributed by atoms with Crippen LogP contribution in [-0.4, -0.2) is 31.7 Å². The van der Waals surface area contributed by atoms with E-state index in [1.807, 2.05) is 43.5 Å². The van der Waals surface area contributed by atoms with Gasteiger partial charge in [0.2, 0.25) is 0 Å². The molecular formula is C30H23BiN2O. The molecule has 0 saturated carbocycles. The van der Waals surface area contributed by atoms with Crippen molar-refractivity contribution in [2.24, 2.45) is 0 Å². The van der Waals surface area contributed by atoms with Crippen LogP contribution in [0.4, 0.5) is 0 Å². The molecule has 5 aromatic rings. The molecule has 3 heterocycles. The summed E-state index contributed by atoms with van der Waals surface area (Å²) in [6.45, 7) is 4.24. The molecular weight excluding hydrogens is 613 g/mol. The number of hydrogen-bond donors (Lipinski definition) is 0. The second-order valence-corrected chi connectivity index (χ2v) is 16.5. The molecule has 0 unspecified atom stereocenters. The predicted molar refractivity (Wildman–Crippen MR) is 140 cm³/mol. The summed E-state index contributed by atoms with van der Waals surface area (Å²) in [7, 11) is 0. The van der Waals surface area contributed by atoms with E-state index in [9.17, 15) is 0 Å². The summed E-state index contributed by atoms with van der Waals surface area (Å²) in [5.41, 5.74) is 7.54. The molecule has 0 atom stereocenters. The third-order valence-electron chi connectivity index (χ3n) is 6.15. The molecule has 1 aliphatic rings. The van der Waals surface area contributed by atoms with E-state index in [1.165, 1.54) is 32.2 Å². The number of nitrogens with zero attached hydrogens (tertiary/aromatic N) is 2. The van der Waals surface area contributed by atoms with Gasteiger partial charge in [0.15, 0.2) is 0 Å². The van der Waals surface area contributed by atoms with Gasteiger partial charge < -0.3 is 0 Å². The summed E-state index contributed by atoms with van der Waals surface area (Å²) >= 11 is -2.48. The Morgan fingerprint density at radius 3 is 2.38 bits per heavy atom. The van der Waals surface area contributed by atoms with Crippen LogP contribution in [0, 0.1) is 13.8 Å². The molecule has 0 radical (unpaired) electrons. The number of aromatic nitrogens is 2. The standard InChI is InChI=1S/C24H17NO.C6H6N.Bi/c1-18-14-15-25-24(16-18)26-23-9-5-8-22(17-23)21-12-10-20(11-13-21)19-6-3-2-4-7-19;1-6-3-2-4-7-5-6;/h2-6,8-10,12-17H,1H3;2-4H,1H3;. The Kier molecular flexibility index (Phi) is 5.47. The maximum atomic E-state index is 6.06. The van der Waals surface area contributed by atoms with E-state index in [4.69, 9.17) is 9.72 Å². The van der Waals surface area contributed by atoms with Crippen molar-refractivity contribution in [3.8, 4) is 33.9 Å². The summed E-state index contributed by atoms with van der Waals surface area (Å²) in [5, 5.41) is 0. The monoisotopic (exact) mass is 636 g/mol. The van der Waals surface area contributed by atoms with E-state index in [0.717, 1.165) is 16.9 Å². The van der Waals surface area contributed by atoms with Crippen molar-refractivity contribution in [2.45, 2.75) is 13.8 Å². The Morgan fingerprint density at radius 1 is 0.647 bits per heavy atom. The molecule has 1 aliphatic heterocycles. The molecule has 34 heavy (non-hydrogen) atoms. The number of fused-ring (bicyclic) bond motifs is 3. The summed E-state index contributed by atoms with van der Waals surface area (Å²) < 4.78 is 10.4. The van der Waals surface area contributed by atoms with Crippen LogP contribution in [0.15, 0.2) is 103 Å². The van der Waals surface area contributed by atoms with Crippen molar-refractivity contribution in [3.05, 3.63) is 115 Å². The van der Waals surface area contributed by atoms with E-state index < -0.39 is 21.8 Å². The molecule has 0 saturated heterocycles. The summed E-state index contributed by atoms with van der Waals surface area (Å²) in [5.74, 6) is 1.41. The van der Waals surface area contributed by atoms with Crippen LogP contribution >= 0.6 is 0 Å². The summed E-state index contributed by atoms with van der Waals surface area (Å²) in [6.07, 6.45) is 3.72. The first-order valence-electron chi connectivity index (χ1n) is 11.3. The fourth-order valence-electron chi connectivity index (χ4n) is 4.51. The van der Waals surface area contributed by atoms with Crippen LogP contribution in [0.2, 0.25) is 0 Å². The number of ether oxygens (including phenoxy) is 1. The maximum absolute atomic E-state index is 6.06. The van der Waals surface area contributed by atoms with Crippen LogP contribution in [0.5, 0.6) is 11.6 Å². The molecule has 3 aromatic carbocycles. The Labute approximate surface area is 207 Å². The number of benzene rings is 3. The summed E-state index contributed by atoms with van der Waals surface area (Å²) in [4.78, 5) is 9.23. The van der Waals surface area contributed by atoms with Crippen LogP contribution in [-0.2, 0) is 0 Å². The van der Waals surface area contributed by atoms with Crippen LogP contribution in [0.3, 0.4) is 0 Å². The molecule has 2 aromatic heterocycles. The van der Waals surface area contributed by atoms with Crippen molar-refractivity contribution >= 4 is 31.7 Å². The Bertz CT molecular complexity index is 1530. The zero-order chi connectivity index (χ0) is 23.1. The molecule has 0 aliphatic carbocycles. The molecule has 0 spiro atoms.